The van der Waals surface area contributed by atoms with Crippen molar-refractivity contribution in [3.05, 3.63) is 64.5 Å². The first-order valence-corrected chi connectivity index (χ1v) is 12.5. The van der Waals surface area contributed by atoms with E-state index >= 15 is 0 Å². The molecule has 0 aliphatic carbocycles. The molecule has 0 bridgehead atoms. The summed E-state index contributed by atoms with van der Waals surface area (Å²) < 4.78 is 28.9. The van der Waals surface area contributed by atoms with Crippen molar-refractivity contribution in [1.82, 2.24) is 24.7 Å². The molecular weight excluding hydrogens is 530 g/mol. The zero-order chi connectivity index (χ0) is 24.7. The van der Waals surface area contributed by atoms with Gasteiger partial charge >= 0.3 is 10.3 Å². The number of hydrogen-bond acceptors (Lipinski definition) is 10. The van der Waals surface area contributed by atoms with Crippen molar-refractivity contribution in [2.75, 3.05) is 18.5 Å². The Morgan fingerprint density at radius 1 is 1.35 bits per heavy atom. The number of ketones is 1. The first-order valence-electron chi connectivity index (χ1n) is 10.2. The Labute approximate surface area is 205 Å². The molecule has 0 aromatic carbocycles. The van der Waals surface area contributed by atoms with Crippen LogP contribution in [0.15, 0.2) is 47.6 Å². The van der Waals surface area contributed by atoms with Crippen molar-refractivity contribution in [3.63, 3.8) is 0 Å². The van der Waals surface area contributed by atoms with Crippen molar-refractivity contribution < 1.29 is 22.5 Å². The van der Waals surface area contributed by atoms with E-state index in [1.165, 1.54) is 12.5 Å². The number of aliphatic hydroxyl groups is 1. The molecule has 0 aliphatic heterocycles. The number of nitrogens with one attached hydrogen (secondary N) is 1. The van der Waals surface area contributed by atoms with Gasteiger partial charge in [0, 0.05) is 24.9 Å². The minimum atomic E-state index is -4.11. The highest BCUT2D eigenvalue weighted by molar-refractivity contribution is 9.10. The van der Waals surface area contributed by atoms with Gasteiger partial charge in [0.15, 0.2) is 0 Å². The number of aromatic nitrogens is 5. The molecule has 0 spiro atoms. The molecule has 34 heavy (non-hydrogen) atoms. The fraction of sp³-hybridized carbons (Fsp3) is 0.350. The van der Waals surface area contributed by atoms with Crippen LogP contribution in [-0.2, 0) is 21.0 Å². The lowest BCUT2D eigenvalue weighted by molar-refractivity contribution is 0.0839. The van der Waals surface area contributed by atoms with Crippen molar-refractivity contribution in [3.8, 4) is 0 Å². The van der Waals surface area contributed by atoms with E-state index in [-0.39, 0.29) is 30.2 Å². The molecule has 0 aliphatic rings. The van der Waals surface area contributed by atoms with Crippen LogP contribution in [0.4, 0.5) is 5.82 Å². The van der Waals surface area contributed by atoms with Crippen LogP contribution in [0, 0.1) is 5.92 Å². The van der Waals surface area contributed by atoms with E-state index in [4.69, 9.17) is 5.14 Å². The molecule has 182 valence electrons. The van der Waals surface area contributed by atoms with Gasteiger partial charge < -0.3 is 10.4 Å². The van der Waals surface area contributed by atoms with Crippen LogP contribution in [0.1, 0.15) is 35.1 Å². The van der Waals surface area contributed by atoms with Crippen molar-refractivity contribution in [2.24, 2.45) is 11.1 Å². The third-order valence-corrected chi connectivity index (χ3v) is 5.83. The zero-order valence-electron chi connectivity index (χ0n) is 18.2. The number of nitrogens with zero attached hydrogens (tertiary/aromatic N) is 5. The van der Waals surface area contributed by atoms with Gasteiger partial charge in [-0.3, -0.25) is 13.7 Å². The lowest BCUT2D eigenvalue weighted by Gasteiger charge is -2.21. The molecule has 3 heterocycles. The van der Waals surface area contributed by atoms with Crippen LogP contribution in [0.25, 0.3) is 0 Å². The summed E-state index contributed by atoms with van der Waals surface area (Å²) in [5, 5.41) is 22.5. The van der Waals surface area contributed by atoms with E-state index in [1.54, 1.807) is 23.9 Å². The summed E-state index contributed by atoms with van der Waals surface area (Å²) in [4.78, 5) is 25.4. The molecule has 2 atom stereocenters. The van der Waals surface area contributed by atoms with E-state index in [2.05, 4.69) is 45.5 Å². The Morgan fingerprint density at radius 2 is 2.15 bits per heavy atom. The second-order valence-electron chi connectivity index (χ2n) is 7.36. The predicted octanol–water partition coefficient (Wildman–Crippen LogP) is 1.13. The van der Waals surface area contributed by atoms with E-state index in [1.807, 2.05) is 18.2 Å². The highest BCUT2D eigenvalue weighted by atomic mass is 79.9. The lowest BCUT2D eigenvalue weighted by atomic mass is 10.0. The van der Waals surface area contributed by atoms with Gasteiger partial charge in [-0.05, 0) is 40.5 Å². The second kappa shape index (κ2) is 11.6. The third-order valence-electron chi connectivity index (χ3n) is 4.92. The fourth-order valence-electron chi connectivity index (χ4n) is 3.10. The molecule has 3 rings (SSSR count). The molecule has 4 N–H and O–H groups in total. The quantitative estimate of drug-likeness (QED) is 0.217. The fourth-order valence-corrected chi connectivity index (χ4v) is 3.85. The molecule has 0 saturated carbocycles. The molecule has 0 radical (unpaired) electrons. The number of rotatable bonds is 12. The van der Waals surface area contributed by atoms with Crippen LogP contribution in [-0.4, -0.2) is 63.3 Å². The standard InChI is InChI=1S/C20H24BrN7O5S/c1-2-13(11-33-34(22,31)32)17(29)9-24-20-15(8-23-12-25-20)19(30)16-6-7-28(27-16)10-14-4-3-5-18(21)26-14/h3-8,12-13,17,29H,2,9-11H2,1H3,(H2,22,31,32)(H,23,24,25)/t13-,17+/m1/s1. The van der Waals surface area contributed by atoms with Gasteiger partial charge in [0.05, 0.1) is 30.5 Å². The Bertz CT molecular complexity index is 1240. The first kappa shape index (κ1) is 25.8. The van der Waals surface area contributed by atoms with Crippen LogP contribution in [0.2, 0.25) is 0 Å². The van der Waals surface area contributed by atoms with E-state index in [0.717, 1.165) is 5.69 Å². The predicted molar refractivity (Wildman–Crippen MR) is 126 cm³/mol. The maximum absolute atomic E-state index is 13.1. The molecule has 14 heteroatoms. The average molecular weight is 554 g/mol. The Balaban J connectivity index is 1.67. The normalized spacial score (nSPS) is 13.4. The second-order valence-corrected chi connectivity index (χ2v) is 9.39. The smallest absolute Gasteiger partial charge is 0.333 e. The van der Waals surface area contributed by atoms with E-state index < -0.39 is 28.1 Å². The molecule has 0 saturated heterocycles. The lowest BCUT2D eigenvalue weighted by Crippen LogP contribution is -2.33. The van der Waals surface area contributed by atoms with Crippen LogP contribution in [0.5, 0.6) is 0 Å². The summed E-state index contributed by atoms with van der Waals surface area (Å²) in [6, 6.07) is 7.12. The highest BCUT2D eigenvalue weighted by Crippen LogP contribution is 2.17. The Hall–Kier alpha value is -2.78. The van der Waals surface area contributed by atoms with Crippen molar-refractivity contribution in [2.45, 2.75) is 26.0 Å². The molecular formula is C20H24BrN7O5S. The summed E-state index contributed by atoms with van der Waals surface area (Å²) in [7, 11) is -4.11. The Morgan fingerprint density at radius 3 is 2.85 bits per heavy atom. The minimum absolute atomic E-state index is 0.00717. The summed E-state index contributed by atoms with van der Waals surface area (Å²) in [6.07, 6.45) is 3.76. The number of anilines is 1. The van der Waals surface area contributed by atoms with Gasteiger partial charge in [-0.25, -0.2) is 20.1 Å². The number of pyridine rings is 1. The number of carbonyl (C=O) groups excluding carboxylic acids is 1. The number of hydrogen-bond donors (Lipinski definition) is 3. The van der Waals surface area contributed by atoms with Crippen molar-refractivity contribution in [1.29, 1.82) is 0 Å². The molecule has 3 aromatic rings. The van der Waals surface area contributed by atoms with Gasteiger partial charge in [-0.15, -0.1) is 0 Å². The zero-order valence-corrected chi connectivity index (χ0v) is 20.6. The maximum atomic E-state index is 13.1. The molecule has 0 amide bonds. The number of aliphatic hydroxyl groups excluding tert-OH is 1. The Kier molecular flexibility index (Phi) is 8.79. The highest BCUT2D eigenvalue weighted by Gasteiger charge is 2.22. The van der Waals surface area contributed by atoms with Crippen molar-refractivity contribution >= 4 is 37.8 Å². The van der Waals surface area contributed by atoms with Crippen LogP contribution >= 0.6 is 15.9 Å². The number of nitrogens with two attached hydrogens (primary N) is 1. The van der Waals surface area contributed by atoms with Gasteiger partial charge in [0.1, 0.15) is 22.4 Å². The summed E-state index contributed by atoms with van der Waals surface area (Å²) in [6.45, 7) is 1.89. The van der Waals surface area contributed by atoms with E-state index in [9.17, 15) is 18.3 Å². The SMILES string of the molecule is CC[C@H](COS(N)(=O)=O)[C@@H](O)CNc1ncncc1C(=O)c1ccn(Cc2cccc(Br)n2)n1. The minimum Gasteiger partial charge on any atom is -0.391 e. The first-order chi connectivity index (χ1) is 16.2. The summed E-state index contributed by atoms with van der Waals surface area (Å²) in [5.41, 5.74) is 1.14. The van der Waals surface area contributed by atoms with E-state index in [0.29, 0.717) is 17.6 Å². The molecule has 12 nitrogen and oxygen atoms in total. The monoisotopic (exact) mass is 553 g/mol. The summed E-state index contributed by atoms with van der Waals surface area (Å²) in [5.74, 6) is -0.693. The van der Waals surface area contributed by atoms with Gasteiger partial charge in [0.2, 0.25) is 5.78 Å². The summed E-state index contributed by atoms with van der Waals surface area (Å²) >= 11 is 3.33. The largest absolute Gasteiger partial charge is 0.391 e. The number of halogens is 1. The number of carbonyl (C=O) groups is 1. The average Bonchev–Trinajstić information content (AvgIpc) is 3.25. The maximum Gasteiger partial charge on any atom is 0.333 e. The molecule has 3 aromatic heterocycles. The van der Waals surface area contributed by atoms with Gasteiger partial charge in [0.25, 0.3) is 0 Å². The van der Waals surface area contributed by atoms with Gasteiger partial charge in [-0.2, -0.15) is 13.5 Å². The molecule has 0 fully saturated rings. The van der Waals surface area contributed by atoms with Crippen LogP contribution in [0.3, 0.4) is 0 Å². The van der Waals surface area contributed by atoms with Gasteiger partial charge in [-0.1, -0.05) is 13.0 Å². The molecule has 0 unspecified atom stereocenters. The third kappa shape index (κ3) is 7.36. The van der Waals surface area contributed by atoms with Crippen LogP contribution < -0.4 is 10.5 Å². The topological polar surface area (TPSA) is 175 Å².